The standard InChI is InChI=1S/C18H19Cl2FN2O3S/c1-12(23-27(25,26)17-7-3-2-6-16(17)21)18(24)22-10-4-5-13-8-9-14(19)15(20)11-13/h2-3,6-9,11-12,23H,4-5,10H2,1H3,(H,22,24)/t12-/m0/s1. The van der Waals surface area contributed by atoms with Crippen molar-refractivity contribution in [2.75, 3.05) is 6.54 Å². The van der Waals surface area contributed by atoms with Crippen LogP contribution in [0.1, 0.15) is 18.9 Å². The van der Waals surface area contributed by atoms with Crippen molar-refractivity contribution in [1.29, 1.82) is 0 Å². The Balaban J connectivity index is 1.83. The van der Waals surface area contributed by atoms with E-state index >= 15 is 0 Å². The SMILES string of the molecule is C[C@H](NS(=O)(=O)c1ccccc1F)C(=O)NCCCc1ccc(Cl)c(Cl)c1. The molecule has 2 aromatic rings. The number of carbonyl (C=O) groups excluding carboxylic acids is 1. The molecular weight excluding hydrogens is 414 g/mol. The Morgan fingerprint density at radius 3 is 2.52 bits per heavy atom. The number of carbonyl (C=O) groups is 1. The van der Waals surface area contributed by atoms with E-state index in [4.69, 9.17) is 23.2 Å². The molecular formula is C18H19Cl2FN2O3S. The zero-order chi connectivity index (χ0) is 20.0. The normalized spacial score (nSPS) is 12.6. The molecule has 5 nitrogen and oxygen atoms in total. The molecule has 0 radical (unpaired) electrons. The number of halogens is 3. The lowest BCUT2D eigenvalue weighted by molar-refractivity contribution is -0.122. The Morgan fingerprint density at radius 1 is 1.15 bits per heavy atom. The average Bonchev–Trinajstić information content (AvgIpc) is 2.61. The molecule has 146 valence electrons. The van der Waals surface area contributed by atoms with Gasteiger partial charge in [-0.1, -0.05) is 41.4 Å². The van der Waals surface area contributed by atoms with E-state index in [2.05, 4.69) is 10.0 Å². The Bertz CT molecular complexity index is 923. The monoisotopic (exact) mass is 432 g/mol. The molecule has 0 saturated heterocycles. The van der Waals surface area contributed by atoms with Crippen molar-refractivity contribution < 1.29 is 17.6 Å². The molecule has 27 heavy (non-hydrogen) atoms. The van der Waals surface area contributed by atoms with Crippen LogP contribution in [0.3, 0.4) is 0 Å². The first-order chi connectivity index (χ1) is 12.7. The minimum absolute atomic E-state index is 0.352. The van der Waals surface area contributed by atoms with Gasteiger partial charge in [0.15, 0.2) is 0 Å². The number of hydrogen-bond donors (Lipinski definition) is 2. The molecule has 0 aliphatic rings. The van der Waals surface area contributed by atoms with Gasteiger partial charge in [-0.15, -0.1) is 0 Å². The molecule has 1 amide bonds. The molecule has 2 rings (SSSR count). The second kappa shape index (κ2) is 9.50. The van der Waals surface area contributed by atoms with Crippen molar-refractivity contribution >= 4 is 39.1 Å². The second-order valence-corrected chi connectivity index (χ2v) is 8.41. The van der Waals surface area contributed by atoms with E-state index in [1.807, 2.05) is 6.07 Å². The van der Waals surface area contributed by atoms with Crippen LogP contribution in [-0.2, 0) is 21.2 Å². The summed E-state index contributed by atoms with van der Waals surface area (Å²) in [7, 11) is -4.13. The summed E-state index contributed by atoms with van der Waals surface area (Å²) in [6.45, 7) is 1.75. The van der Waals surface area contributed by atoms with Crippen molar-refractivity contribution in [2.24, 2.45) is 0 Å². The third kappa shape index (κ3) is 6.17. The van der Waals surface area contributed by atoms with Crippen molar-refractivity contribution in [3.8, 4) is 0 Å². The summed E-state index contributed by atoms with van der Waals surface area (Å²) in [5.74, 6) is -1.37. The number of rotatable bonds is 8. The number of nitrogens with one attached hydrogen (secondary N) is 2. The van der Waals surface area contributed by atoms with Crippen LogP contribution in [0.25, 0.3) is 0 Å². The highest BCUT2D eigenvalue weighted by molar-refractivity contribution is 7.89. The molecule has 0 bridgehead atoms. The summed E-state index contributed by atoms with van der Waals surface area (Å²) in [5.41, 5.74) is 0.979. The number of hydrogen-bond acceptors (Lipinski definition) is 3. The van der Waals surface area contributed by atoms with Crippen LogP contribution in [-0.4, -0.2) is 26.9 Å². The molecule has 0 fully saturated rings. The predicted octanol–water partition coefficient (Wildman–Crippen LogP) is 3.55. The van der Waals surface area contributed by atoms with Crippen LogP contribution in [0.2, 0.25) is 10.0 Å². The third-order valence-electron chi connectivity index (χ3n) is 3.78. The molecule has 9 heteroatoms. The van der Waals surface area contributed by atoms with E-state index in [0.29, 0.717) is 29.4 Å². The maximum Gasteiger partial charge on any atom is 0.244 e. The lowest BCUT2D eigenvalue weighted by Gasteiger charge is -2.15. The van der Waals surface area contributed by atoms with Crippen LogP contribution in [0, 0.1) is 5.82 Å². The first-order valence-corrected chi connectivity index (χ1v) is 10.4. The van der Waals surface area contributed by atoms with Gasteiger partial charge in [-0.05, 0) is 49.6 Å². The van der Waals surface area contributed by atoms with Crippen LogP contribution < -0.4 is 10.0 Å². The van der Waals surface area contributed by atoms with Crippen molar-refractivity contribution in [2.45, 2.75) is 30.7 Å². The van der Waals surface area contributed by atoms with Gasteiger partial charge < -0.3 is 5.32 Å². The van der Waals surface area contributed by atoms with Crippen LogP contribution in [0.4, 0.5) is 4.39 Å². The molecule has 1 atom stereocenters. The summed E-state index contributed by atoms with van der Waals surface area (Å²) in [6.07, 6.45) is 1.31. The van der Waals surface area contributed by atoms with Gasteiger partial charge in [0.05, 0.1) is 16.1 Å². The molecule has 0 aliphatic carbocycles. The lowest BCUT2D eigenvalue weighted by Crippen LogP contribution is -2.45. The summed E-state index contributed by atoms with van der Waals surface area (Å²) >= 11 is 11.8. The first kappa shape index (κ1) is 21.6. The van der Waals surface area contributed by atoms with Gasteiger partial charge in [-0.3, -0.25) is 4.79 Å². The third-order valence-corrected chi connectivity index (χ3v) is 6.09. The lowest BCUT2D eigenvalue weighted by atomic mass is 10.1. The minimum Gasteiger partial charge on any atom is -0.355 e. The predicted molar refractivity (Wildman–Crippen MR) is 104 cm³/mol. The molecule has 0 spiro atoms. The quantitative estimate of drug-likeness (QED) is 0.626. The van der Waals surface area contributed by atoms with Gasteiger partial charge in [0.2, 0.25) is 15.9 Å². The van der Waals surface area contributed by atoms with Gasteiger partial charge in [0.25, 0.3) is 0 Å². The molecule has 2 aromatic carbocycles. The number of sulfonamides is 1. The maximum absolute atomic E-state index is 13.7. The Kier molecular flexibility index (Phi) is 7.61. The van der Waals surface area contributed by atoms with E-state index in [9.17, 15) is 17.6 Å². The fourth-order valence-corrected chi connectivity index (χ4v) is 3.97. The van der Waals surface area contributed by atoms with Gasteiger partial charge in [0.1, 0.15) is 10.7 Å². The van der Waals surface area contributed by atoms with E-state index in [-0.39, 0.29) is 0 Å². The zero-order valence-electron chi connectivity index (χ0n) is 14.5. The molecule has 2 N–H and O–H groups in total. The summed E-state index contributed by atoms with van der Waals surface area (Å²) in [6, 6.07) is 9.25. The van der Waals surface area contributed by atoms with Gasteiger partial charge in [-0.2, -0.15) is 4.72 Å². The Labute approximate surface area is 167 Å². The zero-order valence-corrected chi connectivity index (χ0v) is 16.8. The summed E-state index contributed by atoms with van der Waals surface area (Å²) in [4.78, 5) is 11.6. The number of benzene rings is 2. The van der Waals surface area contributed by atoms with Crippen molar-refractivity contribution in [1.82, 2.24) is 10.0 Å². The smallest absolute Gasteiger partial charge is 0.244 e. The van der Waals surface area contributed by atoms with Crippen LogP contribution in [0.15, 0.2) is 47.4 Å². The molecule has 0 unspecified atom stereocenters. The van der Waals surface area contributed by atoms with Crippen molar-refractivity contribution in [3.05, 3.63) is 63.9 Å². The fraction of sp³-hybridized carbons (Fsp3) is 0.278. The number of amides is 1. The summed E-state index contributed by atoms with van der Waals surface area (Å²) < 4.78 is 40.2. The Morgan fingerprint density at radius 2 is 1.85 bits per heavy atom. The van der Waals surface area contributed by atoms with Gasteiger partial charge in [0, 0.05) is 6.54 Å². The highest BCUT2D eigenvalue weighted by atomic mass is 35.5. The van der Waals surface area contributed by atoms with E-state index in [1.165, 1.54) is 19.1 Å². The minimum atomic E-state index is -4.13. The van der Waals surface area contributed by atoms with E-state index in [0.717, 1.165) is 17.7 Å². The van der Waals surface area contributed by atoms with Gasteiger partial charge in [-0.25, -0.2) is 12.8 Å². The van der Waals surface area contributed by atoms with Crippen LogP contribution in [0.5, 0.6) is 0 Å². The van der Waals surface area contributed by atoms with Gasteiger partial charge >= 0.3 is 0 Å². The molecule has 0 heterocycles. The maximum atomic E-state index is 13.7. The highest BCUT2D eigenvalue weighted by Crippen LogP contribution is 2.23. The number of aryl methyl sites for hydroxylation is 1. The fourth-order valence-electron chi connectivity index (χ4n) is 2.36. The molecule has 0 saturated carbocycles. The summed E-state index contributed by atoms with van der Waals surface area (Å²) in [5, 5.41) is 3.59. The largest absolute Gasteiger partial charge is 0.355 e. The van der Waals surface area contributed by atoms with E-state index < -0.39 is 32.7 Å². The molecule has 0 aromatic heterocycles. The average molecular weight is 433 g/mol. The van der Waals surface area contributed by atoms with Crippen molar-refractivity contribution in [3.63, 3.8) is 0 Å². The van der Waals surface area contributed by atoms with Crippen LogP contribution >= 0.6 is 23.2 Å². The topological polar surface area (TPSA) is 75.3 Å². The molecule has 0 aliphatic heterocycles. The van der Waals surface area contributed by atoms with E-state index in [1.54, 1.807) is 12.1 Å². The highest BCUT2D eigenvalue weighted by Gasteiger charge is 2.24. The first-order valence-electron chi connectivity index (χ1n) is 8.19. The Hall–Kier alpha value is -1.67. The second-order valence-electron chi connectivity index (χ2n) is 5.92.